The molecular formula is C24H20N2O9. The predicted octanol–water partition coefficient (Wildman–Crippen LogP) is 3.00. The zero-order valence-electron chi connectivity index (χ0n) is 18.3. The number of aryl methyl sites for hydroxylation is 2. The van der Waals surface area contributed by atoms with Gasteiger partial charge in [0.1, 0.15) is 5.56 Å². The highest BCUT2D eigenvalue weighted by atomic mass is 16.3. The maximum absolute atomic E-state index is 13.5. The lowest BCUT2D eigenvalue weighted by Crippen LogP contribution is -2.24. The Bertz CT molecular complexity index is 1560. The summed E-state index contributed by atoms with van der Waals surface area (Å²) in [6, 6.07) is 5.55. The lowest BCUT2D eigenvalue weighted by atomic mass is 9.97. The first-order valence-electron chi connectivity index (χ1n) is 10.1. The number of amides is 1. The van der Waals surface area contributed by atoms with Crippen LogP contribution in [0, 0.1) is 13.8 Å². The molecule has 0 radical (unpaired) electrons. The number of fused-ring (bicyclic) bond motifs is 1. The van der Waals surface area contributed by atoms with E-state index >= 15 is 0 Å². The number of benzene rings is 3. The molecule has 0 aliphatic carbocycles. The van der Waals surface area contributed by atoms with Crippen molar-refractivity contribution in [1.82, 2.24) is 4.98 Å². The van der Waals surface area contributed by atoms with Crippen molar-refractivity contribution in [1.29, 1.82) is 0 Å². The standard InChI is InChI=1S/C24H20N2O9/c1-8-3-10(4-13(27)20(8)31)19-18(24(35)25-11-5-14(28)22(33)15(29)6-11)23(34)17-9(2)21(32)16(30)7-12(17)26-19/h3-7,27-33H,1-2H3,(H,25,35)(H,26,34). The molecule has 0 aliphatic rings. The summed E-state index contributed by atoms with van der Waals surface area (Å²) in [7, 11) is 0. The van der Waals surface area contributed by atoms with Crippen LogP contribution in [-0.2, 0) is 0 Å². The smallest absolute Gasteiger partial charge is 0.261 e. The molecule has 1 amide bonds. The van der Waals surface area contributed by atoms with Crippen molar-refractivity contribution in [3.05, 3.63) is 57.2 Å². The Morgan fingerprint density at radius 1 is 0.771 bits per heavy atom. The fourth-order valence-electron chi connectivity index (χ4n) is 3.83. The maximum atomic E-state index is 13.5. The second kappa shape index (κ2) is 8.06. The van der Waals surface area contributed by atoms with E-state index in [1.165, 1.54) is 19.9 Å². The maximum Gasteiger partial charge on any atom is 0.261 e. The number of rotatable bonds is 3. The lowest BCUT2D eigenvalue weighted by Gasteiger charge is -2.15. The highest BCUT2D eigenvalue weighted by Gasteiger charge is 2.25. The molecule has 0 saturated carbocycles. The first-order chi connectivity index (χ1) is 16.4. The number of hydrogen-bond acceptors (Lipinski definition) is 9. The number of aromatic hydroxyl groups is 7. The van der Waals surface area contributed by atoms with Crippen molar-refractivity contribution >= 4 is 22.5 Å². The Hall–Kier alpha value is -5.06. The van der Waals surface area contributed by atoms with E-state index in [4.69, 9.17) is 0 Å². The number of phenolic OH excluding ortho intramolecular Hbond substituents is 7. The first kappa shape index (κ1) is 23.1. The van der Waals surface area contributed by atoms with Crippen LogP contribution in [0.5, 0.6) is 40.2 Å². The largest absolute Gasteiger partial charge is 0.504 e. The number of aromatic amines is 1. The molecule has 0 aliphatic heterocycles. The van der Waals surface area contributed by atoms with Gasteiger partial charge in [0.25, 0.3) is 5.91 Å². The molecule has 0 fully saturated rings. The monoisotopic (exact) mass is 480 g/mol. The molecule has 0 unspecified atom stereocenters. The second-order valence-electron chi connectivity index (χ2n) is 7.97. The van der Waals surface area contributed by atoms with Crippen LogP contribution in [-0.4, -0.2) is 46.6 Å². The van der Waals surface area contributed by atoms with E-state index in [2.05, 4.69) is 10.3 Å². The number of hydrogen-bond donors (Lipinski definition) is 9. The van der Waals surface area contributed by atoms with E-state index in [-0.39, 0.29) is 39.0 Å². The number of aromatic nitrogens is 1. The van der Waals surface area contributed by atoms with Gasteiger partial charge >= 0.3 is 0 Å². The zero-order chi connectivity index (χ0) is 25.8. The third kappa shape index (κ3) is 3.74. The van der Waals surface area contributed by atoms with Crippen LogP contribution in [0.3, 0.4) is 0 Å². The van der Waals surface area contributed by atoms with E-state index in [1.807, 2.05) is 0 Å². The van der Waals surface area contributed by atoms with E-state index in [0.29, 0.717) is 0 Å². The van der Waals surface area contributed by atoms with Gasteiger partial charge in [-0.25, -0.2) is 0 Å². The number of carbonyl (C=O) groups excluding carboxylic acids is 1. The van der Waals surface area contributed by atoms with Gasteiger partial charge in [-0.15, -0.1) is 0 Å². The van der Waals surface area contributed by atoms with Gasteiger partial charge in [0, 0.05) is 35.0 Å². The van der Waals surface area contributed by atoms with Gasteiger partial charge in [-0.1, -0.05) is 0 Å². The fraction of sp³-hybridized carbons (Fsp3) is 0.0833. The summed E-state index contributed by atoms with van der Waals surface area (Å²) in [5.74, 6) is -5.19. The molecule has 180 valence electrons. The number of carbonyl (C=O) groups is 1. The Morgan fingerprint density at radius 2 is 1.34 bits per heavy atom. The van der Waals surface area contributed by atoms with Crippen molar-refractivity contribution < 1.29 is 40.5 Å². The van der Waals surface area contributed by atoms with Crippen LogP contribution in [0.2, 0.25) is 0 Å². The topological polar surface area (TPSA) is 204 Å². The zero-order valence-corrected chi connectivity index (χ0v) is 18.3. The van der Waals surface area contributed by atoms with E-state index < -0.39 is 57.1 Å². The minimum Gasteiger partial charge on any atom is -0.504 e. The molecule has 4 rings (SSSR count). The van der Waals surface area contributed by atoms with Crippen LogP contribution < -0.4 is 10.7 Å². The van der Waals surface area contributed by atoms with Crippen molar-refractivity contribution in [2.75, 3.05) is 5.32 Å². The van der Waals surface area contributed by atoms with Crippen LogP contribution in [0.15, 0.2) is 35.1 Å². The summed E-state index contributed by atoms with van der Waals surface area (Å²) in [5.41, 5.74) is -1.07. The Morgan fingerprint density at radius 3 is 1.94 bits per heavy atom. The summed E-state index contributed by atoms with van der Waals surface area (Å²) < 4.78 is 0. The van der Waals surface area contributed by atoms with Gasteiger partial charge in [-0.2, -0.15) is 0 Å². The van der Waals surface area contributed by atoms with Gasteiger partial charge < -0.3 is 46.0 Å². The number of anilines is 1. The minimum atomic E-state index is -0.996. The van der Waals surface area contributed by atoms with Gasteiger partial charge in [0.2, 0.25) is 5.43 Å². The number of phenols is 7. The SMILES string of the molecule is Cc1cc(-c2[nH]c3cc(O)c(O)c(C)c3c(=O)c2C(=O)Nc2cc(O)c(O)c(O)c2)cc(O)c1O. The van der Waals surface area contributed by atoms with Crippen LogP contribution in [0.25, 0.3) is 22.2 Å². The molecule has 0 spiro atoms. The fourth-order valence-corrected chi connectivity index (χ4v) is 3.83. The Kier molecular flexibility index (Phi) is 5.32. The van der Waals surface area contributed by atoms with Crippen molar-refractivity contribution in [3.8, 4) is 51.5 Å². The molecule has 0 atom stereocenters. The molecule has 11 heteroatoms. The molecular weight excluding hydrogens is 460 g/mol. The summed E-state index contributed by atoms with van der Waals surface area (Å²) in [4.78, 5) is 29.7. The van der Waals surface area contributed by atoms with E-state index in [9.17, 15) is 45.3 Å². The Labute approximate surface area is 196 Å². The number of H-pyrrole nitrogens is 1. The lowest BCUT2D eigenvalue weighted by molar-refractivity contribution is 0.102. The molecule has 9 N–H and O–H groups in total. The molecule has 0 bridgehead atoms. The third-order valence-corrected chi connectivity index (χ3v) is 5.61. The highest BCUT2D eigenvalue weighted by Crippen LogP contribution is 2.39. The first-order valence-corrected chi connectivity index (χ1v) is 10.1. The Balaban J connectivity index is 2.02. The third-order valence-electron chi connectivity index (χ3n) is 5.61. The quantitative estimate of drug-likeness (QED) is 0.156. The molecule has 35 heavy (non-hydrogen) atoms. The molecule has 0 saturated heterocycles. The van der Waals surface area contributed by atoms with Gasteiger partial charge in [-0.3, -0.25) is 9.59 Å². The van der Waals surface area contributed by atoms with E-state index in [1.54, 1.807) is 0 Å². The summed E-state index contributed by atoms with van der Waals surface area (Å²) in [5, 5.41) is 71.5. The minimum absolute atomic E-state index is 0.00602. The summed E-state index contributed by atoms with van der Waals surface area (Å²) in [6.07, 6.45) is 0. The highest BCUT2D eigenvalue weighted by molar-refractivity contribution is 6.10. The van der Waals surface area contributed by atoms with Gasteiger partial charge in [0.05, 0.1) is 16.6 Å². The van der Waals surface area contributed by atoms with Crippen molar-refractivity contribution in [3.63, 3.8) is 0 Å². The normalized spacial score (nSPS) is 11.0. The number of nitrogens with one attached hydrogen (secondary N) is 2. The predicted molar refractivity (Wildman–Crippen MR) is 126 cm³/mol. The molecule has 4 aromatic rings. The molecule has 1 aromatic heterocycles. The summed E-state index contributed by atoms with van der Waals surface area (Å²) in [6.45, 7) is 2.87. The summed E-state index contributed by atoms with van der Waals surface area (Å²) >= 11 is 0. The van der Waals surface area contributed by atoms with Crippen LogP contribution in [0.4, 0.5) is 5.69 Å². The average molecular weight is 480 g/mol. The van der Waals surface area contributed by atoms with E-state index in [0.717, 1.165) is 24.3 Å². The van der Waals surface area contributed by atoms with Gasteiger partial charge in [0.15, 0.2) is 40.2 Å². The van der Waals surface area contributed by atoms with Crippen LogP contribution in [0.1, 0.15) is 21.5 Å². The van der Waals surface area contributed by atoms with Crippen molar-refractivity contribution in [2.24, 2.45) is 0 Å². The molecule has 3 aromatic carbocycles. The molecule has 1 heterocycles. The van der Waals surface area contributed by atoms with Crippen molar-refractivity contribution in [2.45, 2.75) is 13.8 Å². The van der Waals surface area contributed by atoms with Crippen LogP contribution >= 0.6 is 0 Å². The average Bonchev–Trinajstić information content (AvgIpc) is 2.78. The molecule has 11 nitrogen and oxygen atoms in total. The number of pyridine rings is 1. The second-order valence-corrected chi connectivity index (χ2v) is 7.97. The van der Waals surface area contributed by atoms with Gasteiger partial charge in [-0.05, 0) is 31.5 Å².